The summed E-state index contributed by atoms with van der Waals surface area (Å²) in [4.78, 5) is 0. The summed E-state index contributed by atoms with van der Waals surface area (Å²) < 4.78 is 0. The van der Waals surface area contributed by atoms with E-state index < -0.39 is 0 Å². The fourth-order valence-corrected chi connectivity index (χ4v) is 3.03. The van der Waals surface area contributed by atoms with Crippen molar-refractivity contribution in [3.63, 3.8) is 0 Å². The second-order valence-electron chi connectivity index (χ2n) is 4.51. The van der Waals surface area contributed by atoms with Crippen molar-refractivity contribution in [1.29, 1.82) is 0 Å². The van der Waals surface area contributed by atoms with Crippen LogP contribution in [0.5, 0.6) is 0 Å². The molecule has 2 aromatic rings. The Morgan fingerprint density at radius 2 is 1.44 bits per heavy atom. The molecule has 2 atom stereocenters. The highest BCUT2D eigenvalue weighted by molar-refractivity contribution is 5.59. The zero-order valence-electron chi connectivity index (χ0n) is 8.85. The van der Waals surface area contributed by atoms with Crippen LogP contribution in [-0.2, 0) is 0 Å². The molecule has 0 saturated carbocycles. The molecule has 2 unspecified atom stereocenters. The van der Waals surface area contributed by atoms with Crippen LogP contribution in [0.15, 0.2) is 54.6 Å². The second-order valence-corrected chi connectivity index (χ2v) is 4.51. The van der Waals surface area contributed by atoms with E-state index in [4.69, 9.17) is 0 Å². The van der Waals surface area contributed by atoms with E-state index in [1.807, 2.05) is 6.07 Å². The van der Waals surface area contributed by atoms with Crippen LogP contribution in [-0.4, -0.2) is 0 Å². The Kier molecular flexibility index (Phi) is 1.49. The standard InChI is InChI=1S/C16H11/c1-2-6-12-11(5-1)15-9-10-16(12)14-8-4-3-7-13(14)15/h1-7,9-10,15-16H. The fourth-order valence-electron chi connectivity index (χ4n) is 3.03. The minimum absolute atomic E-state index is 0.428. The number of hydrogen-bond acceptors (Lipinski definition) is 0. The first-order chi connectivity index (χ1) is 7.95. The van der Waals surface area contributed by atoms with Gasteiger partial charge in [0, 0.05) is 11.8 Å². The molecular weight excluding hydrogens is 192 g/mol. The first kappa shape index (κ1) is 8.35. The molecule has 0 heterocycles. The van der Waals surface area contributed by atoms with E-state index in [0.29, 0.717) is 11.8 Å². The Labute approximate surface area is 95.2 Å². The third-order valence-corrected chi connectivity index (χ3v) is 3.73. The van der Waals surface area contributed by atoms with E-state index >= 15 is 0 Å². The van der Waals surface area contributed by atoms with E-state index in [0.717, 1.165) is 0 Å². The van der Waals surface area contributed by atoms with Crippen molar-refractivity contribution < 1.29 is 0 Å². The van der Waals surface area contributed by atoms with Crippen LogP contribution < -0.4 is 0 Å². The molecule has 75 valence electrons. The Morgan fingerprint density at radius 3 is 2.31 bits per heavy atom. The molecular formula is C16H11. The van der Waals surface area contributed by atoms with Crippen molar-refractivity contribution in [2.24, 2.45) is 0 Å². The van der Waals surface area contributed by atoms with E-state index in [1.165, 1.54) is 22.3 Å². The number of rotatable bonds is 0. The molecule has 0 nitrogen and oxygen atoms in total. The highest BCUT2D eigenvalue weighted by atomic mass is 14.4. The molecule has 0 fully saturated rings. The second kappa shape index (κ2) is 2.85. The van der Waals surface area contributed by atoms with Crippen molar-refractivity contribution in [1.82, 2.24) is 0 Å². The van der Waals surface area contributed by atoms with Gasteiger partial charge in [0.15, 0.2) is 0 Å². The first-order valence-corrected chi connectivity index (χ1v) is 5.73. The molecule has 3 aliphatic rings. The van der Waals surface area contributed by atoms with Gasteiger partial charge in [0.25, 0.3) is 0 Å². The molecule has 1 radical (unpaired) electrons. The number of allylic oxidation sites excluding steroid dienone is 2. The highest BCUT2D eigenvalue weighted by Crippen LogP contribution is 2.48. The molecule has 5 rings (SSSR count). The predicted molar refractivity (Wildman–Crippen MR) is 64.5 cm³/mol. The van der Waals surface area contributed by atoms with Crippen molar-refractivity contribution >= 4 is 0 Å². The average molecular weight is 203 g/mol. The van der Waals surface area contributed by atoms with Gasteiger partial charge in [-0.3, -0.25) is 0 Å². The van der Waals surface area contributed by atoms with Crippen LogP contribution in [0.1, 0.15) is 34.1 Å². The lowest BCUT2D eigenvalue weighted by Gasteiger charge is -2.35. The van der Waals surface area contributed by atoms with Gasteiger partial charge in [-0.05, 0) is 28.3 Å². The molecule has 0 aromatic heterocycles. The Bertz CT molecular complexity index is 493. The smallest absolute Gasteiger partial charge is 0.0282 e. The van der Waals surface area contributed by atoms with Gasteiger partial charge in [0.2, 0.25) is 0 Å². The van der Waals surface area contributed by atoms with E-state index in [9.17, 15) is 0 Å². The van der Waals surface area contributed by atoms with Gasteiger partial charge in [-0.2, -0.15) is 0 Å². The van der Waals surface area contributed by atoms with Gasteiger partial charge in [-0.25, -0.2) is 0 Å². The maximum absolute atomic E-state index is 3.41. The third kappa shape index (κ3) is 0.898. The van der Waals surface area contributed by atoms with Crippen LogP contribution >= 0.6 is 0 Å². The Hall–Kier alpha value is -1.82. The summed E-state index contributed by atoms with van der Waals surface area (Å²) in [6, 6.07) is 18.5. The summed E-state index contributed by atoms with van der Waals surface area (Å²) in [5.74, 6) is 0.881. The average Bonchev–Trinajstić information content (AvgIpc) is 2.40. The van der Waals surface area contributed by atoms with Gasteiger partial charge >= 0.3 is 0 Å². The topological polar surface area (TPSA) is 0 Å². The lowest BCUT2D eigenvalue weighted by Crippen LogP contribution is -2.20. The van der Waals surface area contributed by atoms with E-state index in [2.05, 4.69) is 54.6 Å². The van der Waals surface area contributed by atoms with Crippen molar-refractivity contribution in [3.8, 4) is 0 Å². The molecule has 0 N–H and O–H groups in total. The molecule has 2 aromatic carbocycles. The van der Waals surface area contributed by atoms with Crippen LogP contribution in [0.2, 0.25) is 0 Å². The molecule has 2 bridgehead atoms. The summed E-state index contributed by atoms with van der Waals surface area (Å²) in [5, 5.41) is 0. The predicted octanol–water partition coefficient (Wildman–Crippen LogP) is 3.63. The molecule has 0 spiro atoms. The van der Waals surface area contributed by atoms with E-state index in [-0.39, 0.29) is 0 Å². The van der Waals surface area contributed by atoms with Gasteiger partial charge in [-0.1, -0.05) is 54.6 Å². The maximum atomic E-state index is 3.41. The number of benzene rings is 2. The monoisotopic (exact) mass is 203 g/mol. The Balaban J connectivity index is 2.06. The van der Waals surface area contributed by atoms with Crippen LogP contribution in [0.25, 0.3) is 0 Å². The summed E-state index contributed by atoms with van der Waals surface area (Å²) in [7, 11) is 0. The summed E-state index contributed by atoms with van der Waals surface area (Å²) in [6.07, 6.45) is 4.66. The molecule has 0 amide bonds. The van der Waals surface area contributed by atoms with Crippen molar-refractivity contribution in [2.75, 3.05) is 0 Å². The van der Waals surface area contributed by atoms with Crippen molar-refractivity contribution in [2.45, 2.75) is 11.8 Å². The molecule has 3 aliphatic carbocycles. The maximum Gasteiger partial charge on any atom is 0.0282 e. The minimum Gasteiger partial charge on any atom is -0.0757 e. The summed E-state index contributed by atoms with van der Waals surface area (Å²) in [6.45, 7) is 0. The van der Waals surface area contributed by atoms with Crippen LogP contribution in [0.3, 0.4) is 0 Å². The minimum atomic E-state index is 0.428. The van der Waals surface area contributed by atoms with Gasteiger partial charge in [0.05, 0.1) is 0 Å². The third-order valence-electron chi connectivity index (χ3n) is 3.73. The van der Waals surface area contributed by atoms with Gasteiger partial charge < -0.3 is 0 Å². The summed E-state index contributed by atoms with van der Waals surface area (Å²) >= 11 is 0. The molecule has 0 aliphatic heterocycles. The first-order valence-electron chi connectivity index (χ1n) is 5.73. The molecule has 0 heteroatoms. The van der Waals surface area contributed by atoms with Crippen molar-refractivity contribution in [3.05, 3.63) is 82.9 Å². The zero-order chi connectivity index (χ0) is 10.5. The van der Waals surface area contributed by atoms with E-state index in [1.54, 1.807) is 0 Å². The zero-order valence-corrected chi connectivity index (χ0v) is 8.85. The molecule has 16 heavy (non-hydrogen) atoms. The molecule has 0 saturated heterocycles. The number of hydrogen-bond donors (Lipinski definition) is 0. The fraction of sp³-hybridized carbons (Fsp3) is 0.125. The lowest BCUT2D eigenvalue weighted by atomic mass is 9.68. The summed E-state index contributed by atoms with van der Waals surface area (Å²) in [5.41, 5.74) is 5.74. The van der Waals surface area contributed by atoms with Crippen LogP contribution in [0.4, 0.5) is 0 Å². The highest BCUT2D eigenvalue weighted by Gasteiger charge is 2.32. The largest absolute Gasteiger partial charge is 0.0757 e. The van der Waals surface area contributed by atoms with Crippen LogP contribution in [0, 0.1) is 6.07 Å². The Morgan fingerprint density at radius 1 is 0.750 bits per heavy atom. The lowest BCUT2D eigenvalue weighted by molar-refractivity contribution is 0.810. The SMILES string of the molecule is [c]1cccc2c1C1C=CC2c2ccccc21. The quantitative estimate of drug-likeness (QED) is 0.573. The van der Waals surface area contributed by atoms with Gasteiger partial charge in [-0.15, -0.1) is 0 Å². The van der Waals surface area contributed by atoms with Gasteiger partial charge in [0.1, 0.15) is 0 Å². The normalized spacial score (nSPS) is 24.0.